The molecule has 0 bridgehead atoms. The molecule has 0 N–H and O–H groups in total. The van der Waals surface area contributed by atoms with Crippen molar-refractivity contribution < 1.29 is 36.2 Å². The maximum absolute atomic E-state index is 15.1. The largest absolute Gasteiger partial charge is 0.383 e. The van der Waals surface area contributed by atoms with Gasteiger partial charge in [-0.1, -0.05) is 86.0 Å². The molecular formula is C34H30ClF5O3. The van der Waals surface area contributed by atoms with Gasteiger partial charge in [0.1, 0.15) is 23.6 Å². The van der Waals surface area contributed by atoms with Crippen molar-refractivity contribution in [2.75, 3.05) is 13.2 Å². The SMILES string of the molecule is CCCCCc1ccc(C(F)(F)OC2COC(c3ccc(-c4ccc(-c5ccc(Cl)c(F)c5)c(F)c4)c(F)c3)OC2)cc1. The Hall–Kier alpha value is -3.30. The smallest absolute Gasteiger partial charge is 0.346 e. The first-order valence-electron chi connectivity index (χ1n) is 14.1. The van der Waals surface area contributed by atoms with Gasteiger partial charge in [-0.05, 0) is 53.8 Å². The van der Waals surface area contributed by atoms with Crippen molar-refractivity contribution in [3.05, 3.63) is 118 Å². The molecule has 0 spiro atoms. The van der Waals surface area contributed by atoms with Gasteiger partial charge in [-0.2, -0.15) is 8.78 Å². The van der Waals surface area contributed by atoms with Crippen LogP contribution in [0.15, 0.2) is 78.9 Å². The molecule has 1 fully saturated rings. The molecule has 0 radical (unpaired) electrons. The zero-order valence-corrected chi connectivity index (χ0v) is 24.2. The maximum Gasteiger partial charge on any atom is 0.383 e. The van der Waals surface area contributed by atoms with Crippen molar-refractivity contribution in [2.45, 2.75) is 51.1 Å². The normalized spacial score (nSPS) is 17.3. The Morgan fingerprint density at radius 1 is 0.767 bits per heavy atom. The summed E-state index contributed by atoms with van der Waals surface area (Å²) in [6.45, 7) is 1.74. The van der Waals surface area contributed by atoms with Crippen LogP contribution in [0, 0.1) is 17.5 Å². The first kappa shape index (κ1) is 31.1. The van der Waals surface area contributed by atoms with E-state index in [4.69, 9.17) is 25.8 Å². The standard InChI is InChI=1S/C34H30ClF5O3/c1-2-3-4-5-21-6-11-25(12-7-21)34(39,40)43-26-19-41-33(42-20-26)24-9-14-28(31(37)18-24)22-8-13-27(30(36)16-22)23-10-15-29(35)32(38)17-23/h6-18,26,33H,2-5,19-20H2,1H3. The van der Waals surface area contributed by atoms with Gasteiger partial charge < -0.3 is 14.2 Å². The highest BCUT2D eigenvalue weighted by Crippen LogP contribution is 2.35. The Morgan fingerprint density at radius 2 is 1.37 bits per heavy atom. The van der Waals surface area contributed by atoms with Gasteiger partial charge in [0.25, 0.3) is 0 Å². The van der Waals surface area contributed by atoms with Crippen molar-refractivity contribution >= 4 is 11.6 Å². The third kappa shape index (κ3) is 7.44. The van der Waals surface area contributed by atoms with Crippen LogP contribution >= 0.6 is 11.6 Å². The third-order valence-electron chi connectivity index (χ3n) is 7.32. The minimum absolute atomic E-state index is 0.0755. The quantitative estimate of drug-likeness (QED) is 0.131. The van der Waals surface area contributed by atoms with Crippen molar-refractivity contribution in [1.82, 2.24) is 0 Å². The molecule has 3 nitrogen and oxygen atoms in total. The summed E-state index contributed by atoms with van der Waals surface area (Å²) in [5.74, 6) is -1.99. The molecule has 0 unspecified atom stereocenters. The average Bonchev–Trinajstić information content (AvgIpc) is 2.99. The molecule has 0 amide bonds. The van der Waals surface area contributed by atoms with E-state index in [1.54, 1.807) is 18.2 Å². The molecule has 9 heteroatoms. The summed E-state index contributed by atoms with van der Waals surface area (Å²) >= 11 is 5.71. The Balaban J connectivity index is 1.19. The van der Waals surface area contributed by atoms with Crippen LogP contribution < -0.4 is 0 Å². The summed E-state index contributed by atoms with van der Waals surface area (Å²) in [7, 11) is 0. The zero-order valence-electron chi connectivity index (χ0n) is 23.4. The van der Waals surface area contributed by atoms with Crippen molar-refractivity contribution in [2.24, 2.45) is 0 Å². The van der Waals surface area contributed by atoms with E-state index >= 15 is 4.39 Å². The minimum atomic E-state index is -3.54. The van der Waals surface area contributed by atoms with Gasteiger partial charge >= 0.3 is 6.11 Å². The van der Waals surface area contributed by atoms with Gasteiger partial charge in [-0.15, -0.1) is 0 Å². The molecule has 1 heterocycles. The monoisotopic (exact) mass is 616 g/mol. The second kappa shape index (κ2) is 13.6. The van der Waals surface area contributed by atoms with Crippen molar-refractivity contribution in [3.8, 4) is 22.3 Å². The molecule has 5 rings (SSSR count). The lowest BCUT2D eigenvalue weighted by Crippen LogP contribution is -2.38. The Bertz CT molecular complexity index is 1550. The highest BCUT2D eigenvalue weighted by Gasteiger charge is 2.38. The highest BCUT2D eigenvalue weighted by molar-refractivity contribution is 6.30. The summed E-state index contributed by atoms with van der Waals surface area (Å²) in [5, 5.41) is -0.0755. The number of benzene rings is 4. The van der Waals surface area contributed by atoms with E-state index in [9.17, 15) is 17.6 Å². The van der Waals surface area contributed by atoms with E-state index in [0.29, 0.717) is 11.1 Å². The van der Waals surface area contributed by atoms with E-state index in [0.717, 1.165) is 43.4 Å². The number of ether oxygens (including phenoxy) is 3. The van der Waals surface area contributed by atoms with Crippen LogP contribution in [0.2, 0.25) is 5.02 Å². The molecular weight excluding hydrogens is 587 g/mol. The summed E-state index contributed by atoms with van der Waals surface area (Å²) < 4.78 is 89.7. The fraction of sp³-hybridized carbons (Fsp3) is 0.294. The zero-order chi connectivity index (χ0) is 30.6. The summed E-state index contributed by atoms with van der Waals surface area (Å²) in [4.78, 5) is 0. The number of rotatable bonds is 10. The number of halogens is 6. The minimum Gasteiger partial charge on any atom is -0.346 e. The van der Waals surface area contributed by atoms with Crippen LogP contribution in [0.4, 0.5) is 22.0 Å². The predicted octanol–water partition coefficient (Wildman–Crippen LogP) is 10.0. The van der Waals surface area contributed by atoms with Gasteiger partial charge in [0, 0.05) is 16.7 Å². The van der Waals surface area contributed by atoms with Gasteiger partial charge in [0.15, 0.2) is 6.29 Å². The van der Waals surface area contributed by atoms with E-state index < -0.39 is 36.0 Å². The van der Waals surface area contributed by atoms with E-state index in [2.05, 4.69) is 6.92 Å². The van der Waals surface area contributed by atoms with Gasteiger partial charge in [0.2, 0.25) is 0 Å². The fourth-order valence-electron chi connectivity index (χ4n) is 4.96. The van der Waals surface area contributed by atoms with Crippen LogP contribution in [-0.4, -0.2) is 19.3 Å². The van der Waals surface area contributed by atoms with Crippen LogP contribution in [0.25, 0.3) is 22.3 Å². The average molecular weight is 617 g/mol. The molecule has 0 aromatic heterocycles. The molecule has 4 aromatic rings. The molecule has 1 aliphatic rings. The molecule has 43 heavy (non-hydrogen) atoms. The number of hydrogen-bond acceptors (Lipinski definition) is 3. The van der Waals surface area contributed by atoms with E-state index in [-0.39, 0.29) is 40.5 Å². The van der Waals surface area contributed by atoms with E-state index in [1.807, 2.05) is 0 Å². The fourth-order valence-corrected chi connectivity index (χ4v) is 5.08. The van der Waals surface area contributed by atoms with Gasteiger partial charge in [0.05, 0.1) is 23.8 Å². The van der Waals surface area contributed by atoms with Crippen LogP contribution in [0.3, 0.4) is 0 Å². The Labute approximate surface area is 252 Å². The van der Waals surface area contributed by atoms with Gasteiger partial charge in [-0.3, -0.25) is 0 Å². The lowest BCUT2D eigenvalue weighted by Gasteiger charge is -2.32. The Morgan fingerprint density at radius 3 is 1.98 bits per heavy atom. The molecule has 0 saturated carbocycles. The second-order valence-corrected chi connectivity index (χ2v) is 10.9. The van der Waals surface area contributed by atoms with Gasteiger partial charge in [-0.25, -0.2) is 13.2 Å². The third-order valence-corrected chi connectivity index (χ3v) is 7.62. The summed E-state index contributed by atoms with van der Waals surface area (Å²) in [6, 6.07) is 18.4. The number of aryl methyl sites for hydroxylation is 1. The molecule has 0 atom stereocenters. The number of hydrogen-bond donors (Lipinski definition) is 0. The lowest BCUT2D eigenvalue weighted by atomic mass is 9.98. The number of unbranched alkanes of at least 4 members (excludes halogenated alkanes) is 2. The van der Waals surface area contributed by atoms with Crippen LogP contribution in [-0.2, 0) is 26.7 Å². The van der Waals surface area contributed by atoms with Crippen molar-refractivity contribution in [1.29, 1.82) is 0 Å². The highest BCUT2D eigenvalue weighted by atomic mass is 35.5. The van der Waals surface area contributed by atoms with E-state index in [1.165, 1.54) is 48.5 Å². The topological polar surface area (TPSA) is 27.7 Å². The molecule has 1 saturated heterocycles. The molecule has 0 aliphatic carbocycles. The number of alkyl halides is 2. The first-order valence-corrected chi connectivity index (χ1v) is 14.5. The molecule has 1 aliphatic heterocycles. The van der Waals surface area contributed by atoms with Crippen LogP contribution in [0.1, 0.15) is 49.2 Å². The maximum atomic E-state index is 15.1. The summed E-state index contributed by atoms with van der Waals surface area (Å²) in [6.07, 6.45) is -1.54. The second-order valence-electron chi connectivity index (χ2n) is 10.5. The lowest BCUT2D eigenvalue weighted by molar-refractivity contribution is -0.320. The summed E-state index contributed by atoms with van der Waals surface area (Å²) in [5.41, 5.74) is 1.91. The van der Waals surface area contributed by atoms with Crippen LogP contribution in [0.5, 0.6) is 0 Å². The molecule has 226 valence electrons. The predicted molar refractivity (Wildman–Crippen MR) is 155 cm³/mol. The Kier molecular flexibility index (Phi) is 9.82. The first-order chi connectivity index (χ1) is 20.6. The molecule has 4 aromatic carbocycles. The van der Waals surface area contributed by atoms with Crippen molar-refractivity contribution in [3.63, 3.8) is 0 Å².